The molecular weight excluding hydrogens is 988 g/mol. The van der Waals surface area contributed by atoms with E-state index in [9.17, 15) is 34.2 Å². The summed E-state index contributed by atoms with van der Waals surface area (Å²) in [7, 11) is 1.76. The van der Waals surface area contributed by atoms with Crippen molar-refractivity contribution in [3.63, 3.8) is 0 Å². The van der Waals surface area contributed by atoms with Gasteiger partial charge in [0.25, 0.3) is 5.56 Å². The Morgan fingerprint density at radius 1 is 0.905 bits per heavy atom. The van der Waals surface area contributed by atoms with E-state index in [4.69, 9.17) is 28.3 Å². The Kier molecular flexibility index (Phi) is 15.9. The van der Waals surface area contributed by atoms with Crippen molar-refractivity contribution in [2.75, 3.05) is 45.9 Å². The molecule has 0 radical (unpaired) electrons. The zero-order chi connectivity index (χ0) is 52.1. The molecule has 2 aliphatic heterocycles. The minimum atomic E-state index is -1.17. The van der Waals surface area contributed by atoms with Gasteiger partial charge >= 0.3 is 0 Å². The number of amides is 4. The van der Waals surface area contributed by atoms with Crippen LogP contribution < -0.4 is 21.5 Å². The lowest BCUT2D eigenvalue weighted by atomic mass is 9.90. The lowest BCUT2D eigenvalue weighted by Crippen LogP contribution is -2.49. The van der Waals surface area contributed by atoms with Crippen molar-refractivity contribution < 1.29 is 29.4 Å². The first-order valence-electron chi connectivity index (χ1n) is 24.9. The molecule has 1 fully saturated rings. The lowest BCUT2D eigenvalue weighted by Gasteiger charge is -2.38. The number of aliphatic hydroxyl groups excluding tert-OH is 1. The van der Waals surface area contributed by atoms with Gasteiger partial charge in [0.2, 0.25) is 23.6 Å². The van der Waals surface area contributed by atoms with Crippen LogP contribution in [0.4, 0.5) is 0 Å². The minimum Gasteiger partial charge on any atom is -0.388 e. The number of halogens is 2. The van der Waals surface area contributed by atoms with Gasteiger partial charge in [-0.1, -0.05) is 84.7 Å². The van der Waals surface area contributed by atoms with Gasteiger partial charge in [-0.25, -0.2) is 4.98 Å². The summed E-state index contributed by atoms with van der Waals surface area (Å²) in [6.07, 6.45) is 5.63. The molecule has 0 bridgehead atoms. The maximum atomic E-state index is 13.7. The Bertz CT molecular complexity index is 3250. The van der Waals surface area contributed by atoms with Crippen LogP contribution in [0.1, 0.15) is 67.3 Å². The molecule has 9 rings (SSSR count). The van der Waals surface area contributed by atoms with Crippen LogP contribution in [-0.2, 0) is 58.8 Å². The van der Waals surface area contributed by atoms with Gasteiger partial charge < -0.3 is 40.9 Å². The van der Waals surface area contributed by atoms with Gasteiger partial charge in [0.15, 0.2) is 5.52 Å². The second-order valence-corrected chi connectivity index (χ2v) is 20.1. The molecule has 0 unspecified atom stereocenters. The number of piperidine rings is 1. The molecular formula is C53H60Cl2N12O7. The molecule has 3 aromatic carbocycles. The molecule has 4 amide bonds. The van der Waals surface area contributed by atoms with Crippen LogP contribution in [0.15, 0.2) is 84.0 Å². The predicted octanol–water partition coefficient (Wildman–Crippen LogP) is 4.68. The molecule has 7 aromatic rings. The monoisotopic (exact) mass is 1050 g/mol. The third kappa shape index (κ3) is 11.6. The molecule has 19 nitrogen and oxygen atoms in total. The van der Waals surface area contributed by atoms with Crippen molar-refractivity contribution in [2.45, 2.75) is 83.1 Å². The summed E-state index contributed by atoms with van der Waals surface area (Å²) in [5.41, 5.74) is 6.61. The van der Waals surface area contributed by atoms with Gasteiger partial charge in [-0.15, -0.1) is 0 Å². The van der Waals surface area contributed by atoms with E-state index in [2.05, 4.69) is 31.0 Å². The number of fused-ring (bicyclic) bond motifs is 4. The van der Waals surface area contributed by atoms with Crippen molar-refractivity contribution in [3.05, 3.63) is 122 Å². The Morgan fingerprint density at radius 3 is 2.42 bits per heavy atom. The van der Waals surface area contributed by atoms with E-state index >= 15 is 0 Å². The second kappa shape index (κ2) is 22.7. The average Bonchev–Trinajstić information content (AvgIpc) is 4.14. The molecule has 74 heavy (non-hydrogen) atoms. The van der Waals surface area contributed by atoms with Gasteiger partial charge in [0, 0.05) is 106 Å². The third-order valence-corrected chi connectivity index (χ3v) is 14.9. The minimum absolute atomic E-state index is 0.0443. The standard InChI is InChI=1S/C53H60Cl2N12O7/c1-33(35-7-4-3-5-8-35)25-44(71)64-22-16-53(74,17-23-64)31-66-32-59-49-50(52(66)73)62-63(2)51(49)36-12-10-34(11-13-36)27-56-28-43(70)57-18-6-9-42(69)58-19-24-67-21-15-41(61-67)37-26-39(54)47(55)48-46(37)38-29-65(45(72)30-68)20-14-40(38)60-48/h3-5,7-8,10-13,15,21,26,32-33,56,60,68,74H,6,9,14,16-20,22-25,27-31H2,1-2H3,(H,57,70)(H,58,69)/t33-/m1/s1. The molecule has 1 saturated heterocycles. The number of hydrogen-bond acceptors (Lipinski definition) is 11. The van der Waals surface area contributed by atoms with Gasteiger partial charge in [0.05, 0.1) is 58.5 Å². The molecule has 0 aliphatic carbocycles. The van der Waals surface area contributed by atoms with Crippen molar-refractivity contribution in [1.29, 1.82) is 0 Å². The van der Waals surface area contributed by atoms with Crippen LogP contribution in [0.5, 0.6) is 0 Å². The average molecular weight is 1050 g/mol. The summed E-state index contributed by atoms with van der Waals surface area (Å²) < 4.78 is 4.77. The summed E-state index contributed by atoms with van der Waals surface area (Å²) >= 11 is 13.2. The summed E-state index contributed by atoms with van der Waals surface area (Å²) in [5.74, 6) is -0.539. The van der Waals surface area contributed by atoms with Crippen LogP contribution >= 0.6 is 23.2 Å². The number of hydrogen-bond donors (Lipinski definition) is 6. The zero-order valence-electron chi connectivity index (χ0n) is 41.4. The van der Waals surface area contributed by atoms with Gasteiger partial charge in [-0.3, -0.25) is 37.9 Å². The van der Waals surface area contributed by atoms with Crippen molar-refractivity contribution in [1.82, 2.24) is 59.8 Å². The van der Waals surface area contributed by atoms with E-state index in [0.29, 0.717) is 117 Å². The Hall–Kier alpha value is -6.90. The number of nitrogens with zero attached hydrogens (tertiary/aromatic N) is 8. The van der Waals surface area contributed by atoms with E-state index in [1.54, 1.807) is 32.3 Å². The smallest absolute Gasteiger partial charge is 0.281 e. The first-order valence-corrected chi connectivity index (χ1v) is 25.7. The number of aromatic amines is 1. The van der Waals surface area contributed by atoms with Gasteiger partial charge in [-0.05, 0) is 48.4 Å². The number of rotatable bonds is 19. The Balaban J connectivity index is 0.685. The first-order chi connectivity index (χ1) is 35.7. The molecule has 6 N–H and O–H groups in total. The highest BCUT2D eigenvalue weighted by Crippen LogP contribution is 2.42. The number of aromatic nitrogens is 7. The highest BCUT2D eigenvalue weighted by Gasteiger charge is 2.35. The number of aryl methyl sites for hydroxylation is 1. The SMILES string of the molecule is C[C@H](CC(=O)N1CCC(O)(Cn2cnc3c(-c4ccc(CNCC(=O)NCCCC(=O)NCCn5ccc(-c6cc(Cl)c(Cl)c7[nH]c8c(c67)CN(C(=O)CO)CC8)n5)cc4)n(C)nc3c2=O)CC1)c1ccccc1. The van der Waals surface area contributed by atoms with E-state index in [1.807, 2.05) is 73.8 Å². The number of carbonyl (C=O) groups is 4. The Morgan fingerprint density at radius 2 is 1.66 bits per heavy atom. The van der Waals surface area contributed by atoms with Crippen molar-refractivity contribution in [3.8, 4) is 22.5 Å². The fourth-order valence-electron chi connectivity index (χ4n) is 9.99. The summed E-state index contributed by atoms with van der Waals surface area (Å²) in [6, 6.07) is 21.3. The highest BCUT2D eigenvalue weighted by molar-refractivity contribution is 6.45. The molecule has 21 heteroatoms. The van der Waals surface area contributed by atoms with Crippen LogP contribution in [0, 0.1) is 0 Å². The first kappa shape index (κ1) is 52.0. The number of benzene rings is 3. The summed E-state index contributed by atoms with van der Waals surface area (Å²) in [4.78, 5) is 75.8. The summed E-state index contributed by atoms with van der Waals surface area (Å²) in [6.45, 7) is 4.76. The molecule has 2 aliphatic rings. The highest BCUT2D eigenvalue weighted by atomic mass is 35.5. The van der Waals surface area contributed by atoms with Crippen molar-refractivity contribution >= 4 is 68.8 Å². The molecule has 388 valence electrons. The molecule has 6 heterocycles. The number of likely N-dealkylation sites (tertiary alicyclic amines) is 1. The van der Waals surface area contributed by atoms with Crippen LogP contribution in [0.3, 0.4) is 0 Å². The summed E-state index contributed by atoms with van der Waals surface area (Å²) in [5, 5.41) is 40.7. The van der Waals surface area contributed by atoms with Crippen molar-refractivity contribution in [2.24, 2.45) is 7.05 Å². The number of aliphatic hydroxyl groups is 2. The maximum Gasteiger partial charge on any atom is 0.281 e. The topological polar surface area (TPSA) is 238 Å². The quantitative estimate of drug-likeness (QED) is 0.0609. The molecule has 4 aromatic heterocycles. The molecule has 0 spiro atoms. The predicted molar refractivity (Wildman–Crippen MR) is 281 cm³/mol. The van der Waals surface area contributed by atoms with E-state index in [1.165, 1.54) is 10.9 Å². The maximum absolute atomic E-state index is 13.7. The van der Waals surface area contributed by atoms with Crippen LogP contribution in [0.25, 0.3) is 44.5 Å². The number of H-pyrrole nitrogens is 1. The van der Waals surface area contributed by atoms with Crippen LogP contribution in [-0.4, -0.2) is 129 Å². The van der Waals surface area contributed by atoms with Crippen LogP contribution in [0.2, 0.25) is 10.0 Å². The fraction of sp³-hybridized carbons (Fsp3) is 0.396. The van der Waals surface area contributed by atoms with Gasteiger partial charge in [0.1, 0.15) is 12.1 Å². The molecule has 0 saturated carbocycles. The normalized spacial score (nSPS) is 14.8. The number of nitrogens with one attached hydrogen (secondary N) is 4. The van der Waals surface area contributed by atoms with Gasteiger partial charge in [-0.2, -0.15) is 10.2 Å². The van der Waals surface area contributed by atoms with E-state index in [0.717, 1.165) is 38.9 Å². The van der Waals surface area contributed by atoms with E-state index in [-0.39, 0.29) is 60.1 Å². The zero-order valence-corrected chi connectivity index (χ0v) is 42.9. The molecule has 1 atom stereocenters. The Labute approximate surface area is 436 Å². The van der Waals surface area contributed by atoms with E-state index < -0.39 is 12.2 Å². The largest absolute Gasteiger partial charge is 0.388 e. The lowest BCUT2D eigenvalue weighted by molar-refractivity contribution is -0.136. The fourth-order valence-corrected chi connectivity index (χ4v) is 10.4. The third-order valence-electron chi connectivity index (χ3n) is 14.1. The second-order valence-electron chi connectivity index (χ2n) is 19.3. The number of carbonyl (C=O) groups excluding carboxylic acids is 4.